The van der Waals surface area contributed by atoms with Gasteiger partial charge in [0.05, 0.1) is 16.5 Å². The summed E-state index contributed by atoms with van der Waals surface area (Å²) in [5.41, 5.74) is 0.596. The number of H-pyrrole nitrogens is 1. The predicted octanol–water partition coefficient (Wildman–Crippen LogP) is 3.43. The van der Waals surface area contributed by atoms with E-state index in [1.54, 1.807) is 42.5 Å². The van der Waals surface area contributed by atoms with Crippen LogP contribution in [0.3, 0.4) is 0 Å². The molecule has 0 saturated carbocycles. The minimum absolute atomic E-state index is 0.0801. The van der Waals surface area contributed by atoms with Crippen LogP contribution in [0.1, 0.15) is 18.4 Å². The van der Waals surface area contributed by atoms with Gasteiger partial charge in [0, 0.05) is 41.2 Å². The Morgan fingerprint density at radius 1 is 1.06 bits per heavy atom. The third kappa shape index (κ3) is 4.52. The van der Waals surface area contributed by atoms with Crippen molar-refractivity contribution in [3.63, 3.8) is 0 Å². The van der Waals surface area contributed by atoms with Crippen molar-refractivity contribution in [3.05, 3.63) is 62.9 Å². The number of benzene rings is 2. The molecule has 1 atom stereocenters. The van der Waals surface area contributed by atoms with Gasteiger partial charge in [0.1, 0.15) is 13.2 Å². The molecule has 0 spiro atoms. The molecule has 8 nitrogen and oxygen atoms in total. The lowest BCUT2D eigenvalue weighted by atomic mass is 10.1. The smallest absolute Gasteiger partial charge is 0.252 e. The number of pyridine rings is 1. The maximum Gasteiger partial charge on any atom is 0.252 e. The molecule has 3 aromatic rings. The second-order valence-corrected chi connectivity index (χ2v) is 10.8. The standard InChI is InChI=1S/C23H23BrN2O6S/c24-18-5-1-2-6-22(18)33(28,29)26(14-17-4-3-7-30-17)13-16-10-15-11-20-21(32-9-8-31-20)12-19(15)25-23(16)27/h1-2,5-6,10-12,17H,3-4,7-9,13-14H2,(H,25,27)/t17-/m1/s1. The van der Waals surface area contributed by atoms with Crippen molar-refractivity contribution < 1.29 is 22.6 Å². The maximum atomic E-state index is 13.6. The van der Waals surface area contributed by atoms with Crippen LogP contribution in [-0.4, -0.2) is 50.2 Å². The van der Waals surface area contributed by atoms with Crippen LogP contribution in [0.4, 0.5) is 0 Å². The lowest BCUT2D eigenvalue weighted by Gasteiger charge is -2.25. The number of sulfonamides is 1. The predicted molar refractivity (Wildman–Crippen MR) is 126 cm³/mol. The van der Waals surface area contributed by atoms with Gasteiger partial charge < -0.3 is 19.2 Å². The summed E-state index contributed by atoms with van der Waals surface area (Å²) in [6, 6.07) is 11.9. The lowest BCUT2D eigenvalue weighted by Crippen LogP contribution is -2.38. The summed E-state index contributed by atoms with van der Waals surface area (Å²) in [4.78, 5) is 15.9. The molecule has 2 aliphatic rings. The third-order valence-corrected chi connectivity index (χ3v) is 8.64. The second kappa shape index (κ2) is 9.09. The molecular formula is C23H23BrN2O6S. The first-order chi connectivity index (χ1) is 15.9. The average molecular weight is 535 g/mol. The van der Waals surface area contributed by atoms with Crippen LogP contribution in [0.25, 0.3) is 10.9 Å². The Bertz CT molecular complexity index is 1350. The molecule has 0 radical (unpaired) electrons. The number of aromatic nitrogens is 1. The molecule has 0 bridgehead atoms. The zero-order valence-electron chi connectivity index (χ0n) is 17.8. The number of ether oxygens (including phenoxy) is 3. The van der Waals surface area contributed by atoms with Crippen LogP contribution in [0.5, 0.6) is 11.5 Å². The van der Waals surface area contributed by atoms with E-state index in [1.807, 2.05) is 0 Å². The maximum absolute atomic E-state index is 13.6. The lowest BCUT2D eigenvalue weighted by molar-refractivity contribution is 0.0925. The van der Waals surface area contributed by atoms with Crippen molar-refractivity contribution in [2.45, 2.75) is 30.4 Å². The van der Waals surface area contributed by atoms with Gasteiger partial charge in [0.2, 0.25) is 10.0 Å². The van der Waals surface area contributed by atoms with Crippen molar-refractivity contribution in [1.82, 2.24) is 9.29 Å². The normalized spacial score (nSPS) is 18.2. The number of hydrogen-bond acceptors (Lipinski definition) is 6. The van der Waals surface area contributed by atoms with Gasteiger partial charge in [-0.2, -0.15) is 4.31 Å². The van der Waals surface area contributed by atoms with E-state index in [-0.39, 0.29) is 29.6 Å². The number of aromatic amines is 1. The summed E-state index contributed by atoms with van der Waals surface area (Å²) < 4.78 is 46.0. The first-order valence-electron chi connectivity index (χ1n) is 10.7. The monoisotopic (exact) mass is 534 g/mol. The Kier molecular flexibility index (Phi) is 6.17. The molecule has 1 N–H and O–H groups in total. The third-order valence-electron chi connectivity index (χ3n) is 5.82. The fraction of sp³-hybridized carbons (Fsp3) is 0.348. The Balaban J connectivity index is 1.54. The molecule has 174 valence electrons. The van der Waals surface area contributed by atoms with Crippen molar-refractivity contribution in [2.75, 3.05) is 26.4 Å². The minimum Gasteiger partial charge on any atom is -0.486 e. The van der Waals surface area contributed by atoms with Crippen molar-refractivity contribution in [2.24, 2.45) is 0 Å². The van der Waals surface area contributed by atoms with E-state index in [0.29, 0.717) is 46.9 Å². The van der Waals surface area contributed by atoms with Crippen molar-refractivity contribution in [3.8, 4) is 11.5 Å². The molecule has 0 unspecified atom stereocenters. The largest absolute Gasteiger partial charge is 0.486 e. The zero-order chi connectivity index (χ0) is 23.0. The quantitative estimate of drug-likeness (QED) is 0.520. The highest BCUT2D eigenvalue weighted by atomic mass is 79.9. The molecule has 0 amide bonds. The van der Waals surface area contributed by atoms with Gasteiger partial charge in [-0.3, -0.25) is 4.79 Å². The molecule has 1 saturated heterocycles. The van der Waals surface area contributed by atoms with E-state index in [0.717, 1.165) is 18.2 Å². The Hall–Kier alpha value is -2.40. The first-order valence-corrected chi connectivity index (χ1v) is 13.0. The van der Waals surface area contributed by atoms with Gasteiger partial charge in [-0.25, -0.2) is 8.42 Å². The van der Waals surface area contributed by atoms with Gasteiger partial charge in [-0.1, -0.05) is 12.1 Å². The number of nitrogens with one attached hydrogen (secondary N) is 1. The highest BCUT2D eigenvalue weighted by Gasteiger charge is 2.31. The van der Waals surface area contributed by atoms with Gasteiger partial charge in [-0.15, -0.1) is 0 Å². The van der Waals surface area contributed by atoms with E-state index in [2.05, 4.69) is 20.9 Å². The molecule has 2 aromatic carbocycles. The molecule has 2 aliphatic heterocycles. The number of hydrogen-bond donors (Lipinski definition) is 1. The fourth-order valence-electron chi connectivity index (χ4n) is 4.15. The van der Waals surface area contributed by atoms with E-state index >= 15 is 0 Å². The summed E-state index contributed by atoms with van der Waals surface area (Å²) in [5, 5.41) is 0.740. The highest BCUT2D eigenvalue weighted by Crippen LogP contribution is 2.34. The Morgan fingerprint density at radius 2 is 1.82 bits per heavy atom. The number of fused-ring (bicyclic) bond motifs is 2. The highest BCUT2D eigenvalue weighted by molar-refractivity contribution is 9.10. The molecule has 0 aliphatic carbocycles. The molecule has 1 aromatic heterocycles. The van der Waals surface area contributed by atoms with E-state index in [9.17, 15) is 13.2 Å². The molecule has 33 heavy (non-hydrogen) atoms. The van der Waals surface area contributed by atoms with Crippen LogP contribution in [-0.2, 0) is 21.3 Å². The number of nitrogens with zero attached hydrogens (tertiary/aromatic N) is 1. The van der Waals surface area contributed by atoms with Crippen LogP contribution in [0, 0.1) is 0 Å². The average Bonchev–Trinajstić information content (AvgIpc) is 3.31. The van der Waals surface area contributed by atoms with E-state index in [4.69, 9.17) is 14.2 Å². The van der Waals surface area contributed by atoms with E-state index < -0.39 is 10.0 Å². The summed E-state index contributed by atoms with van der Waals surface area (Å²) >= 11 is 3.35. The number of halogens is 1. The molecule has 3 heterocycles. The first kappa shape index (κ1) is 22.4. The minimum atomic E-state index is -3.89. The summed E-state index contributed by atoms with van der Waals surface area (Å²) in [7, 11) is -3.89. The van der Waals surface area contributed by atoms with Crippen LogP contribution in [0.2, 0.25) is 0 Å². The van der Waals surface area contributed by atoms with Crippen molar-refractivity contribution >= 4 is 36.9 Å². The van der Waals surface area contributed by atoms with Crippen molar-refractivity contribution in [1.29, 1.82) is 0 Å². The molecule has 5 rings (SSSR count). The Morgan fingerprint density at radius 3 is 2.55 bits per heavy atom. The van der Waals surface area contributed by atoms with Crippen LogP contribution >= 0.6 is 15.9 Å². The van der Waals surface area contributed by atoms with E-state index in [1.165, 1.54) is 4.31 Å². The zero-order valence-corrected chi connectivity index (χ0v) is 20.2. The second-order valence-electron chi connectivity index (χ2n) is 8.07. The molecule has 1 fully saturated rings. The fourth-order valence-corrected chi connectivity index (χ4v) is 6.56. The van der Waals surface area contributed by atoms with Crippen LogP contribution < -0.4 is 15.0 Å². The van der Waals surface area contributed by atoms with Gasteiger partial charge >= 0.3 is 0 Å². The summed E-state index contributed by atoms with van der Waals surface area (Å²) in [6.45, 7) is 1.60. The SMILES string of the molecule is O=c1[nH]c2cc3c(cc2cc1CN(C[C@H]1CCCO1)S(=O)(=O)c1ccccc1Br)OCCO3. The topological polar surface area (TPSA) is 97.9 Å². The van der Waals surface area contributed by atoms with Gasteiger partial charge in [0.25, 0.3) is 5.56 Å². The molecule has 10 heteroatoms. The summed E-state index contributed by atoms with van der Waals surface area (Å²) in [6.07, 6.45) is 1.45. The van der Waals surface area contributed by atoms with Gasteiger partial charge in [-0.05, 0) is 53.0 Å². The molecular weight excluding hydrogens is 512 g/mol. The summed E-state index contributed by atoms with van der Waals surface area (Å²) in [5.74, 6) is 1.18. The number of rotatable bonds is 6. The Labute approximate surface area is 199 Å². The van der Waals surface area contributed by atoms with Gasteiger partial charge in [0.15, 0.2) is 11.5 Å². The van der Waals surface area contributed by atoms with Crippen LogP contribution in [0.15, 0.2) is 56.6 Å².